The smallest absolute Gasteiger partial charge is 0.128 e. The predicted molar refractivity (Wildman–Crippen MR) is 200 cm³/mol. The fourth-order valence-electron chi connectivity index (χ4n) is 5.80. The van der Waals surface area contributed by atoms with E-state index in [2.05, 4.69) is 131 Å². The molecule has 46 heavy (non-hydrogen) atoms. The summed E-state index contributed by atoms with van der Waals surface area (Å²) in [6.07, 6.45) is 2.87. The van der Waals surface area contributed by atoms with Gasteiger partial charge in [-0.05, 0) is 81.2 Å². The van der Waals surface area contributed by atoms with Crippen LogP contribution < -0.4 is 0 Å². The second-order valence-electron chi connectivity index (χ2n) is 16.2. The molecule has 0 saturated carbocycles. The molecule has 0 fully saturated rings. The summed E-state index contributed by atoms with van der Waals surface area (Å²) in [4.78, 5) is 10.3. The zero-order chi connectivity index (χ0) is 33.6. The molecule has 0 bridgehead atoms. The first-order valence-corrected chi connectivity index (χ1v) is 17.3. The number of aromatic hydroxyl groups is 1. The molecule has 0 aliphatic rings. The van der Waals surface area contributed by atoms with Crippen molar-refractivity contribution in [1.82, 2.24) is 4.98 Å². The van der Waals surface area contributed by atoms with Gasteiger partial charge < -0.3 is 5.11 Å². The summed E-state index contributed by atoms with van der Waals surface area (Å²) in [5.41, 5.74) is 10.5. The van der Waals surface area contributed by atoms with Gasteiger partial charge in [0.25, 0.3) is 0 Å². The number of para-hydroxylation sites is 1. The highest BCUT2D eigenvalue weighted by Gasteiger charge is 2.25. The summed E-state index contributed by atoms with van der Waals surface area (Å²) in [5.74, 6) is 0.887. The zero-order valence-electron chi connectivity index (χ0n) is 29.5. The van der Waals surface area contributed by atoms with Crippen molar-refractivity contribution in [2.75, 3.05) is 0 Å². The lowest BCUT2D eigenvalue weighted by molar-refractivity contribution is 0.444. The minimum Gasteiger partial charge on any atom is -0.507 e. The summed E-state index contributed by atoms with van der Waals surface area (Å²) >= 11 is 1.72. The summed E-state index contributed by atoms with van der Waals surface area (Å²) in [7, 11) is 0. The van der Waals surface area contributed by atoms with Crippen LogP contribution in [-0.2, 0) is 22.7 Å². The van der Waals surface area contributed by atoms with Gasteiger partial charge in [0.05, 0.1) is 15.9 Å². The molecule has 0 saturated heterocycles. The summed E-state index contributed by atoms with van der Waals surface area (Å²) < 4.78 is 1.18. The van der Waals surface area contributed by atoms with Crippen molar-refractivity contribution >= 4 is 33.5 Å². The highest BCUT2D eigenvalue weighted by molar-refractivity contribution is 7.21. The number of hydrogen-bond acceptors (Lipinski definition) is 4. The Balaban J connectivity index is 1.64. The Morgan fingerprint density at radius 2 is 1.43 bits per heavy atom. The third-order valence-corrected chi connectivity index (χ3v) is 9.57. The number of fused-ring (bicyclic) bond motifs is 1. The van der Waals surface area contributed by atoms with Crippen LogP contribution in [0.1, 0.15) is 104 Å². The lowest BCUT2D eigenvalue weighted by Gasteiger charge is -2.27. The second-order valence-corrected chi connectivity index (χ2v) is 17.2. The Hall–Kier alpha value is -3.76. The van der Waals surface area contributed by atoms with Gasteiger partial charge >= 0.3 is 0 Å². The van der Waals surface area contributed by atoms with Gasteiger partial charge in [0.2, 0.25) is 0 Å². The van der Waals surface area contributed by atoms with Crippen molar-refractivity contribution in [2.24, 2.45) is 10.9 Å². The molecule has 1 N–H and O–H groups in total. The number of rotatable bonds is 6. The maximum Gasteiger partial charge on any atom is 0.128 e. The van der Waals surface area contributed by atoms with Gasteiger partial charge in [-0.1, -0.05) is 119 Å². The monoisotopic (exact) mass is 630 g/mol. The molecule has 5 rings (SSSR count). The maximum absolute atomic E-state index is 11.4. The molecule has 1 heterocycles. The SMILES string of the molecule is CC(C)Cc1cccc(-c2cc(C(C)(C)C)cc3sc(-c4ccccc4N=Cc4cc(C(C)(C)C)cc(C(C)(C)C)c4O)nc23)c1. The van der Waals surface area contributed by atoms with E-state index in [-0.39, 0.29) is 16.2 Å². The van der Waals surface area contributed by atoms with Crippen molar-refractivity contribution in [1.29, 1.82) is 0 Å². The maximum atomic E-state index is 11.4. The van der Waals surface area contributed by atoms with E-state index in [4.69, 9.17) is 9.98 Å². The van der Waals surface area contributed by atoms with Gasteiger partial charge in [0.1, 0.15) is 10.8 Å². The number of aliphatic imine (C=N–C) groups is 1. The highest BCUT2D eigenvalue weighted by Crippen LogP contribution is 2.42. The number of phenols is 1. The number of benzene rings is 4. The average Bonchev–Trinajstić information content (AvgIpc) is 3.38. The minimum atomic E-state index is -0.204. The van der Waals surface area contributed by atoms with E-state index in [1.165, 1.54) is 32.5 Å². The number of phenolic OH excluding ortho intramolecular Hbond substituents is 1. The Labute approximate surface area is 280 Å². The van der Waals surface area contributed by atoms with Crippen LogP contribution in [0.25, 0.3) is 31.9 Å². The van der Waals surface area contributed by atoms with Crippen molar-refractivity contribution in [3.05, 3.63) is 101 Å². The number of hydrogen-bond donors (Lipinski definition) is 1. The van der Waals surface area contributed by atoms with Crippen molar-refractivity contribution in [3.63, 3.8) is 0 Å². The van der Waals surface area contributed by atoms with E-state index in [9.17, 15) is 5.11 Å². The zero-order valence-corrected chi connectivity index (χ0v) is 30.4. The fourth-order valence-corrected chi connectivity index (χ4v) is 6.87. The van der Waals surface area contributed by atoms with Gasteiger partial charge in [-0.15, -0.1) is 11.3 Å². The Morgan fingerprint density at radius 3 is 2.09 bits per heavy atom. The first kappa shape index (κ1) is 33.6. The van der Waals surface area contributed by atoms with Crippen molar-refractivity contribution in [3.8, 4) is 27.4 Å². The van der Waals surface area contributed by atoms with Crippen LogP contribution in [0, 0.1) is 5.92 Å². The first-order chi connectivity index (χ1) is 21.4. The standard InChI is InChI=1S/C42H50N2OS/c1-26(2)19-27-15-14-16-28(20-27)33-22-31(41(6,7)8)24-36-37(33)44-39(46-36)32-17-12-13-18-35(32)43-25-29-21-30(40(3,4)5)23-34(38(29)45)42(9,10)11/h12-18,20-26,45H,19H2,1-11H3. The van der Waals surface area contributed by atoms with Gasteiger partial charge in [-0.25, -0.2) is 4.98 Å². The molecule has 0 unspecified atom stereocenters. The number of nitrogens with zero attached hydrogens (tertiary/aromatic N) is 2. The molecule has 4 heteroatoms. The molecule has 4 aromatic carbocycles. The van der Waals surface area contributed by atoms with E-state index in [0.717, 1.165) is 39.3 Å². The fraction of sp³-hybridized carbons (Fsp3) is 0.381. The molecule has 1 aromatic heterocycles. The molecule has 240 valence electrons. The van der Waals surface area contributed by atoms with E-state index < -0.39 is 0 Å². The lowest BCUT2D eigenvalue weighted by atomic mass is 9.79. The van der Waals surface area contributed by atoms with Crippen LogP contribution in [0.15, 0.2) is 77.8 Å². The molecule has 0 atom stereocenters. The summed E-state index contributed by atoms with van der Waals surface area (Å²) in [6.45, 7) is 24.4. The third-order valence-electron chi connectivity index (χ3n) is 8.53. The second kappa shape index (κ2) is 12.4. The number of aromatic nitrogens is 1. The molecule has 0 aliphatic heterocycles. The molecule has 0 amide bonds. The van der Waals surface area contributed by atoms with Crippen molar-refractivity contribution in [2.45, 2.75) is 98.8 Å². The van der Waals surface area contributed by atoms with Crippen LogP contribution in [0.3, 0.4) is 0 Å². The van der Waals surface area contributed by atoms with Crippen LogP contribution >= 0.6 is 11.3 Å². The van der Waals surface area contributed by atoms with E-state index in [0.29, 0.717) is 11.7 Å². The molecular formula is C42H50N2OS. The van der Waals surface area contributed by atoms with Gasteiger partial charge in [-0.2, -0.15) is 0 Å². The number of thiazole rings is 1. The van der Waals surface area contributed by atoms with E-state index in [1.807, 2.05) is 24.4 Å². The van der Waals surface area contributed by atoms with E-state index >= 15 is 0 Å². The molecule has 5 aromatic rings. The largest absolute Gasteiger partial charge is 0.507 e. The summed E-state index contributed by atoms with van der Waals surface area (Å²) in [6, 6.07) is 26.0. The normalized spacial score (nSPS) is 13.0. The molecule has 0 spiro atoms. The summed E-state index contributed by atoms with van der Waals surface area (Å²) in [5, 5.41) is 12.3. The van der Waals surface area contributed by atoms with Gasteiger partial charge in [-0.3, -0.25) is 4.99 Å². The molecule has 3 nitrogen and oxygen atoms in total. The van der Waals surface area contributed by atoms with Crippen molar-refractivity contribution < 1.29 is 5.11 Å². The van der Waals surface area contributed by atoms with Crippen LogP contribution in [-0.4, -0.2) is 16.3 Å². The quantitative estimate of drug-likeness (QED) is 0.190. The van der Waals surface area contributed by atoms with Gasteiger partial charge in [0.15, 0.2) is 0 Å². The highest BCUT2D eigenvalue weighted by atomic mass is 32.1. The molecular weight excluding hydrogens is 581 g/mol. The van der Waals surface area contributed by atoms with Crippen LogP contribution in [0.2, 0.25) is 0 Å². The third kappa shape index (κ3) is 7.28. The van der Waals surface area contributed by atoms with Crippen LogP contribution in [0.4, 0.5) is 5.69 Å². The Bertz CT molecular complexity index is 1910. The average molecular weight is 631 g/mol. The molecule has 0 radical (unpaired) electrons. The van der Waals surface area contributed by atoms with Crippen LogP contribution in [0.5, 0.6) is 5.75 Å². The van der Waals surface area contributed by atoms with Gasteiger partial charge in [0, 0.05) is 28.5 Å². The lowest BCUT2D eigenvalue weighted by Crippen LogP contribution is -2.17. The Morgan fingerprint density at radius 1 is 0.761 bits per heavy atom. The Kier molecular flexibility index (Phi) is 9.09. The predicted octanol–water partition coefficient (Wildman–Crippen LogP) is 12.2. The van der Waals surface area contributed by atoms with E-state index in [1.54, 1.807) is 11.3 Å². The minimum absolute atomic E-state index is 0.000336. The molecule has 0 aliphatic carbocycles. The topological polar surface area (TPSA) is 45.5 Å². The first-order valence-electron chi connectivity index (χ1n) is 16.5.